The fourth-order valence-corrected chi connectivity index (χ4v) is 2.35. The molecule has 6 nitrogen and oxygen atoms in total. The largest absolute Gasteiger partial charge is 0.494 e. The highest BCUT2D eigenvalue weighted by Gasteiger charge is 2.12. The quantitative estimate of drug-likeness (QED) is 0.539. The third kappa shape index (κ3) is 5.72. The first-order chi connectivity index (χ1) is 12.5. The van der Waals surface area contributed by atoms with Gasteiger partial charge in [-0.1, -0.05) is 36.7 Å². The van der Waals surface area contributed by atoms with E-state index in [2.05, 4.69) is 16.2 Å². The molecule has 0 aliphatic carbocycles. The van der Waals surface area contributed by atoms with E-state index in [4.69, 9.17) is 28.6 Å². The summed E-state index contributed by atoms with van der Waals surface area (Å²) in [7, 11) is 0. The minimum atomic E-state index is -0.470. The second-order valence-corrected chi connectivity index (χ2v) is 6.03. The van der Waals surface area contributed by atoms with Crippen LogP contribution in [0.3, 0.4) is 0 Å². The number of carbonyl (C=O) groups is 2. The lowest BCUT2D eigenvalue weighted by atomic mass is 10.2. The molecule has 0 bridgehead atoms. The zero-order valence-corrected chi connectivity index (χ0v) is 15.6. The molecule has 3 N–H and O–H groups in total. The van der Waals surface area contributed by atoms with Crippen LogP contribution in [0.25, 0.3) is 0 Å². The van der Waals surface area contributed by atoms with Gasteiger partial charge in [-0.25, -0.2) is 0 Å². The standard InChI is InChI=1S/C18H18ClN3O3S/c1-2-10-25-13-7-5-6-12(11-13)16(23)20-18(26)22-21-17(24)14-8-3-4-9-15(14)19/h3-9,11H,2,10H2,1H3,(H,21,24)(H2,20,22,23,26). The zero-order chi connectivity index (χ0) is 18.9. The average molecular weight is 392 g/mol. The number of carbonyl (C=O) groups excluding carboxylic acids is 2. The summed E-state index contributed by atoms with van der Waals surface area (Å²) in [6.07, 6.45) is 0.871. The number of halogens is 1. The molecule has 0 unspecified atom stereocenters. The van der Waals surface area contributed by atoms with Crippen LogP contribution in [0.1, 0.15) is 34.1 Å². The van der Waals surface area contributed by atoms with E-state index in [1.54, 1.807) is 48.5 Å². The van der Waals surface area contributed by atoms with Crippen LogP contribution in [-0.2, 0) is 0 Å². The van der Waals surface area contributed by atoms with Crippen LogP contribution in [0.2, 0.25) is 5.02 Å². The molecule has 0 atom stereocenters. The van der Waals surface area contributed by atoms with Crippen LogP contribution in [0.15, 0.2) is 48.5 Å². The smallest absolute Gasteiger partial charge is 0.271 e. The Balaban J connectivity index is 1.88. The molecule has 0 fully saturated rings. The van der Waals surface area contributed by atoms with Gasteiger partial charge in [0.05, 0.1) is 17.2 Å². The lowest BCUT2D eigenvalue weighted by Crippen LogP contribution is -2.48. The Hall–Kier alpha value is -2.64. The van der Waals surface area contributed by atoms with E-state index in [1.165, 1.54) is 0 Å². The van der Waals surface area contributed by atoms with Crippen LogP contribution in [0.5, 0.6) is 5.75 Å². The number of amides is 2. The van der Waals surface area contributed by atoms with Gasteiger partial charge in [0, 0.05) is 5.56 Å². The Kier molecular flexibility index (Phi) is 7.37. The molecule has 0 radical (unpaired) electrons. The topological polar surface area (TPSA) is 79.5 Å². The Bertz CT molecular complexity index is 814. The van der Waals surface area contributed by atoms with E-state index < -0.39 is 11.8 Å². The lowest BCUT2D eigenvalue weighted by molar-refractivity contribution is 0.0934. The summed E-state index contributed by atoms with van der Waals surface area (Å²) in [4.78, 5) is 24.2. The van der Waals surface area contributed by atoms with Crippen molar-refractivity contribution in [2.45, 2.75) is 13.3 Å². The second-order valence-electron chi connectivity index (χ2n) is 5.22. The summed E-state index contributed by atoms with van der Waals surface area (Å²) in [5, 5.41) is 2.74. The van der Waals surface area contributed by atoms with Crippen LogP contribution in [-0.4, -0.2) is 23.5 Å². The number of hydrogen-bond acceptors (Lipinski definition) is 4. The maximum atomic E-state index is 12.2. The van der Waals surface area contributed by atoms with Crippen molar-refractivity contribution in [2.75, 3.05) is 6.61 Å². The van der Waals surface area contributed by atoms with Gasteiger partial charge in [0.15, 0.2) is 5.11 Å². The third-order valence-electron chi connectivity index (χ3n) is 3.20. The Morgan fingerprint density at radius 3 is 2.58 bits per heavy atom. The maximum Gasteiger partial charge on any atom is 0.271 e. The van der Waals surface area contributed by atoms with Gasteiger partial charge >= 0.3 is 0 Å². The molecule has 0 aliphatic rings. The molecule has 26 heavy (non-hydrogen) atoms. The van der Waals surface area contributed by atoms with Crippen LogP contribution in [0, 0.1) is 0 Å². The normalized spacial score (nSPS) is 9.92. The molecule has 2 aromatic rings. The maximum absolute atomic E-state index is 12.2. The highest BCUT2D eigenvalue weighted by molar-refractivity contribution is 7.80. The molecular formula is C18H18ClN3O3S. The average Bonchev–Trinajstić information content (AvgIpc) is 2.65. The van der Waals surface area contributed by atoms with Crippen molar-refractivity contribution in [1.29, 1.82) is 0 Å². The molecule has 0 heterocycles. The molecule has 2 rings (SSSR count). The first-order valence-electron chi connectivity index (χ1n) is 7.90. The van der Waals surface area contributed by atoms with E-state index in [9.17, 15) is 9.59 Å². The predicted octanol–water partition coefficient (Wildman–Crippen LogP) is 3.08. The number of rotatable bonds is 5. The summed E-state index contributed by atoms with van der Waals surface area (Å²) in [6.45, 7) is 2.57. The fourth-order valence-electron chi connectivity index (χ4n) is 1.98. The van der Waals surface area contributed by atoms with Crippen LogP contribution >= 0.6 is 23.8 Å². The Morgan fingerprint density at radius 2 is 1.85 bits per heavy atom. The Morgan fingerprint density at radius 1 is 1.08 bits per heavy atom. The van der Waals surface area contributed by atoms with Gasteiger partial charge in [0.1, 0.15) is 5.75 Å². The number of hydrogen-bond donors (Lipinski definition) is 3. The number of thiocarbonyl (C=S) groups is 1. The van der Waals surface area contributed by atoms with Crippen molar-refractivity contribution in [3.8, 4) is 5.75 Å². The van der Waals surface area contributed by atoms with Gasteiger partial charge in [-0.05, 0) is 49.0 Å². The predicted molar refractivity (Wildman–Crippen MR) is 104 cm³/mol. The molecule has 8 heteroatoms. The van der Waals surface area contributed by atoms with Crippen LogP contribution < -0.4 is 20.9 Å². The minimum Gasteiger partial charge on any atom is -0.494 e. The highest BCUT2D eigenvalue weighted by atomic mass is 35.5. The van der Waals surface area contributed by atoms with Gasteiger partial charge in [-0.15, -0.1) is 0 Å². The summed E-state index contributed by atoms with van der Waals surface area (Å²) in [5.41, 5.74) is 5.53. The first-order valence-corrected chi connectivity index (χ1v) is 8.69. The highest BCUT2D eigenvalue weighted by Crippen LogP contribution is 2.14. The van der Waals surface area contributed by atoms with Gasteiger partial charge < -0.3 is 4.74 Å². The van der Waals surface area contributed by atoms with Crippen molar-refractivity contribution in [1.82, 2.24) is 16.2 Å². The summed E-state index contributed by atoms with van der Waals surface area (Å²) >= 11 is 11.0. The number of hydrazine groups is 1. The van der Waals surface area contributed by atoms with E-state index in [1.807, 2.05) is 6.92 Å². The number of ether oxygens (including phenoxy) is 1. The van der Waals surface area contributed by atoms with Crippen molar-refractivity contribution in [3.05, 3.63) is 64.7 Å². The first kappa shape index (κ1) is 19.7. The van der Waals surface area contributed by atoms with Crippen molar-refractivity contribution < 1.29 is 14.3 Å². The monoisotopic (exact) mass is 391 g/mol. The molecule has 0 aliphatic heterocycles. The fraction of sp³-hybridized carbons (Fsp3) is 0.167. The number of benzene rings is 2. The van der Waals surface area contributed by atoms with Gasteiger partial charge in [0.2, 0.25) is 0 Å². The van der Waals surface area contributed by atoms with Gasteiger partial charge in [0.25, 0.3) is 11.8 Å². The van der Waals surface area contributed by atoms with Crippen LogP contribution in [0.4, 0.5) is 0 Å². The minimum absolute atomic E-state index is 0.0460. The molecule has 0 aromatic heterocycles. The molecule has 0 saturated heterocycles. The molecule has 136 valence electrons. The van der Waals surface area contributed by atoms with E-state index in [-0.39, 0.29) is 10.7 Å². The summed E-state index contributed by atoms with van der Waals surface area (Å²) < 4.78 is 5.49. The van der Waals surface area contributed by atoms with Gasteiger partial charge in [-0.3, -0.25) is 25.8 Å². The summed E-state index contributed by atoms with van der Waals surface area (Å²) in [6, 6.07) is 13.3. The second kappa shape index (κ2) is 9.74. The molecular weight excluding hydrogens is 374 g/mol. The molecule has 0 spiro atoms. The molecule has 2 amide bonds. The van der Waals surface area contributed by atoms with Crippen molar-refractivity contribution in [2.24, 2.45) is 0 Å². The molecule has 2 aromatic carbocycles. The van der Waals surface area contributed by atoms with E-state index in [0.29, 0.717) is 22.9 Å². The Labute approximate surface area is 161 Å². The number of nitrogens with one attached hydrogen (secondary N) is 3. The lowest BCUT2D eigenvalue weighted by Gasteiger charge is -2.12. The molecule has 0 saturated carbocycles. The van der Waals surface area contributed by atoms with Crippen molar-refractivity contribution in [3.63, 3.8) is 0 Å². The summed E-state index contributed by atoms with van der Waals surface area (Å²) in [5.74, 6) is -0.288. The SMILES string of the molecule is CCCOc1cccc(C(=O)NC(=S)NNC(=O)c2ccccc2Cl)c1. The third-order valence-corrected chi connectivity index (χ3v) is 3.74. The van der Waals surface area contributed by atoms with E-state index >= 15 is 0 Å². The zero-order valence-electron chi connectivity index (χ0n) is 14.0. The van der Waals surface area contributed by atoms with Crippen molar-refractivity contribution >= 4 is 40.7 Å². The van der Waals surface area contributed by atoms with E-state index in [0.717, 1.165) is 6.42 Å². The van der Waals surface area contributed by atoms with Gasteiger partial charge in [-0.2, -0.15) is 0 Å².